The zero-order valence-electron chi connectivity index (χ0n) is 14.0. The normalized spacial score (nSPS) is 15.0. The topological polar surface area (TPSA) is 75.7 Å². The quantitative estimate of drug-likeness (QED) is 0.816. The van der Waals surface area contributed by atoms with Crippen LogP contribution in [0.3, 0.4) is 0 Å². The average molecular weight is 395 g/mol. The fraction of sp³-hybridized carbons (Fsp3) is 0.278. The van der Waals surface area contributed by atoms with Crippen LogP contribution < -0.4 is 10.1 Å². The lowest BCUT2D eigenvalue weighted by Gasteiger charge is -2.17. The van der Waals surface area contributed by atoms with Gasteiger partial charge in [-0.2, -0.15) is 4.31 Å². The Bertz CT molecular complexity index is 881. The van der Waals surface area contributed by atoms with Crippen LogP contribution >= 0.6 is 11.6 Å². The number of sulfonamides is 1. The van der Waals surface area contributed by atoms with Crippen molar-refractivity contribution < 1.29 is 17.9 Å². The third-order valence-electron chi connectivity index (χ3n) is 4.01. The van der Waals surface area contributed by atoms with Gasteiger partial charge in [0.2, 0.25) is 10.0 Å². The fourth-order valence-corrected chi connectivity index (χ4v) is 4.73. The van der Waals surface area contributed by atoms with Gasteiger partial charge in [-0.25, -0.2) is 8.42 Å². The highest BCUT2D eigenvalue weighted by atomic mass is 35.5. The number of benzene rings is 2. The number of halogens is 1. The third kappa shape index (κ3) is 4.35. The highest BCUT2D eigenvalue weighted by Crippen LogP contribution is 2.29. The molecular formula is C18H19ClN2O4S. The molecule has 0 radical (unpaired) electrons. The Labute approximate surface area is 157 Å². The van der Waals surface area contributed by atoms with Crippen LogP contribution in [-0.2, 0) is 14.8 Å². The summed E-state index contributed by atoms with van der Waals surface area (Å²) in [4.78, 5) is 12.1. The minimum absolute atomic E-state index is 0.00263. The van der Waals surface area contributed by atoms with E-state index in [0.29, 0.717) is 24.5 Å². The first-order valence-corrected chi connectivity index (χ1v) is 10.1. The summed E-state index contributed by atoms with van der Waals surface area (Å²) in [5, 5.41) is 2.77. The van der Waals surface area contributed by atoms with Crippen molar-refractivity contribution in [1.29, 1.82) is 0 Å². The molecule has 3 rings (SSSR count). The number of hydrogen-bond acceptors (Lipinski definition) is 4. The number of carbonyl (C=O) groups is 1. The molecule has 1 N–H and O–H groups in total. The zero-order valence-corrected chi connectivity index (χ0v) is 15.6. The number of para-hydroxylation sites is 1. The highest BCUT2D eigenvalue weighted by Gasteiger charge is 2.29. The molecule has 138 valence electrons. The average Bonchev–Trinajstić information content (AvgIpc) is 3.18. The molecule has 0 spiro atoms. The lowest BCUT2D eigenvalue weighted by atomic mass is 10.3. The number of nitrogens with zero attached hydrogens (tertiary/aromatic N) is 1. The number of ether oxygens (including phenoxy) is 1. The standard InChI is InChI=1S/C18H19ClN2O4S/c19-16-9-8-14(12-17(16)26(23,24)21-10-4-5-11-21)20-18(22)13-25-15-6-2-1-3-7-15/h1-3,6-9,12H,4-5,10-11,13H2,(H,20,22). The van der Waals surface area contributed by atoms with Crippen molar-refractivity contribution >= 4 is 33.2 Å². The number of hydrogen-bond donors (Lipinski definition) is 1. The molecule has 0 bridgehead atoms. The minimum Gasteiger partial charge on any atom is -0.484 e. The van der Waals surface area contributed by atoms with Gasteiger partial charge >= 0.3 is 0 Å². The highest BCUT2D eigenvalue weighted by molar-refractivity contribution is 7.89. The summed E-state index contributed by atoms with van der Waals surface area (Å²) >= 11 is 6.09. The molecule has 0 saturated carbocycles. The van der Waals surface area contributed by atoms with Crippen LogP contribution in [0.5, 0.6) is 5.75 Å². The van der Waals surface area contributed by atoms with Crippen LogP contribution in [-0.4, -0.2) is 38.3 Å². The molecule has 1 saturated heterocycles. The molecule has 1 fully saturated rings. The zero-order chi connectivity index (χ0) is 18.6. The van der Waals surface area contributed by atoms with Crippen LogP contribution in [0, 0.1) is 0 Å². The summed E-state index contributed by atoms with van der Waals surface area (Å²) in [6.45, 7) is 0.793. The van der Waals surface area contributed by atoms with Crippen molar-refractivity contribution in [2.45, 2.75) is 17.7 Å². The van der Waals surface area contributed by atoms with E-state index in [1.165, 1.54) is 16.4 Å². The minimum atomic E-state index is -3.66. The van der Waals surface area contributed by atoms with Gasteiger partial charge in [0.1, 0.15) is 10.6 Å². The number of rotatable bonds is 6. The van der Waals surface area contributed by atoms with Crippen LogP contribution in [0.2, 0.25) is 5.02 Å². The first-order chi connectivity index (χ1) is 12.5. The largest absolute Gasteiger partial charge is 0.484 e. The summed E-state index contributed by atoms with van der Waals surface area (Å²) in [5.74, 6) is 0.191. The summed E-state index contributed by atoms with van der Waals surface area (Å²) in [6, 6.07) is 13.4. The first kappa shape index (κ1) is 18.7. The van der Waals surface area contributed by atoms with Crippen molar-refractivity contribution in [1.82, 2.24) is 4.31 Å². The Kier molecular flexibility index (Phi) is 5.80. The molecule has 1 heterocycles. The lowest BCUT2D eigenvalue weighted by molar-refractivity contribution is -0.118. The molecule has 1 aliphatic heterocycles. The summed E-state index contributed by atoms with van der Waals surface area (Å²) in [7, 11) is -3.66. The molecule has 1 amide bonds. The molecule has 0 aromatic heterocycles. The predicted octanol–water partition coefficient (Wildman–Crippen LogP) is 3.14. The van der Waals surface area contributed by atoms with Crippen LogP contribution in [0.15, 0.2) is 53.4 Å². The van der Waals surface area contributed by atoms with Gasteiger partial charge in [-0.3, -0.25) is 4.79 Å². The summed E-state index contributed by atoms with van der Waals surface area (Å²) < 4.78 is 32.2. The maximum absolute atomic E-state index is 12.7. The first-order valence-electron chi connectivity index (χ1n) is 8.24. The van der Waals surface area contributed by atoms with Gasteiger partial charge in [0.15, 0.2) is 6.61 Å². The van der Waals surface area contributed by atoms with Gasteiger partial charge in [0.25, 0.3) is 5.91 Å². The van der Waals surface area contributed by atoms with E-state index in [1.807, 2.05) is 18.2 Å². The molecule has 26 heavy (non-hydrogen) atoms. The van der Waals surface area contributed by atoms with Gasteiger partial charge in [-0.1, -0.05) is 29.8 Å². The number of nitrogens with one attached hydrogen (secondary N) is 1. The van der Waals surface area contributed by atoms with Crippen molar-refractivity contribution in [3.05, 3.63) is 53.6 Å². The Morgan fingerprint density at radius 2 is 1.81 bits per heavy atom. The van der Waals surface area contributed by atoms with Crippen LogP contribution in [0.1, 0.15) is 12.8 Å². The molecule has 0 unspecified atom stereocenters. The lowest BCUT2D eigenvalue weighted by Crippen LogP contribution is -2.28. The van der Waals surface area contributed by atoms with Gasteiger partial charge in [-0.05, 0) is 43.2 Å². The predicted molar refractivity (Wildman–Crippen MR) is 100 cm³/mol. The van der Waals surface area contributed by atoms with Crippen molar-refractivity contribution in [2.24, 2.45) is 0 Å². The monoisotopic (exact) mass is 394 g/mol. The maximum Gasteiger partial charge on any atom is 0.262 e. The molecular weight excluding hydrogens is 376 g/mol. The van der Waals surface area contributed by atoms with Gasteiger partial charge in [-0.15, -0.1) is 0 Å². The molecule has 2 aromatic carbocycles. The molecule has 8 heteroatoms. The summed E-state index contributed by atoms with van der Waals surface area (Å²) in [6.07, 6.45) is 1.67. The fourth-order valence-electron chi connectivity index (χ4n) is 2.71. The van der Waals surface area contributed by atoms with E-state index in [2.05, 4.69) is 5.32 Å². The summed E-state index contributed by atoms with van der Waals surface area (Å²) in [5.41, 5.74) is 0.355. The van der Waals surface area contributed by atoms with Crippen molar-refractivity contribution in [2.75, 3.05) is 25.0 Å². The second kappa shape index (κ2) is 8.07. The Morgan fingerprint density at radius 3 is 2.50 bits per heavy atom. The second-order valence-corrected chi connectivity index (χ2v) is 8.22. The van der Waals surface area contributed by atoms with E-state index < -0.39 is 10.0 Å². The van der Waals surface area contributed by atoms with E-state index in [1.54, 1.807) is 18.2 Å². The van der Waals surface area contributed by atoms with Gasteiger partial charge < -0.3 is 10.1 Å². The van der Waals surface area contributed by atoms with Crippen molar-refractivity contribution in [3.8, 4) is 5.75 Å². The molecule has 1 aliphatic rings. The van der Waals surface area contributed by atoms with Crippen molar-refractivity contribution in [3.63, 3.8) is 0 Å². The van der Waals surface area contributed by atoms with E-state index in [-0.39, 0.29) is 22.4 Å². The van der Waals surface area contributed by atoms with Crippen LogP contribution in [0.4, 0.5) is 5.69 Å². The number of carbonyl (C=O) groups excluding carboxylic acids is 1. The molecule has 2 aromatic rings. The molecule has 6 nitrogen and oxygen atoms in total. The van der Waals surface area contributed by atoms with E-state index >= 15 is 0 Å². The molecule has 0 aliphatic carbocycles. The third-order valence-corrected chi connectivity index (χ3v) is 6.39. The Morgan fingerprint density at radius 1 is 1.12 bits per heavy atom. The Hall–Kier alpha value is -2.09. The van der Waals surface area contributed by atoms with E-state index in [0.717, 1.165) is 12.8 Å². The molecule has 0 atom stereocenters. The number of anilines is 1. The second-order valence-electron chi connectivity index (χ2n) is 5.91. The van der Waals surface area contributed by atoms with E-state index in [9.17, 15) is 13.2 Å². The van der Waals surface area contributed by atoms with E-state index in [4.69, 9.17) is 16.3 Å². The Balaban J connectivity index is 1.70. The SMILES string of the molecule is O=C(COc1ccccc1)Nc1ccc(Cl)c(S(=O)(=O)N2CCCC2)c1. The van der Waals surface area contributed by atoms with Gasteiger partial charge in [0, 0.05) is 18.8 Å². The number of amides is 1. The van der Waals surface area contributed by atoms with Crippen LogP contribution in [0.25, 0.3) is 0 Å². The maximum atomic E-state index is 12.7. The van der Waals surface area contributed by atoms with Gasteiger partial charge in [0.05, 0.1) is 5.02 Å². The smallest absolute Gasteiger partial charge is 0.262 e.